The quantitative estimate of drug-likeness (QED) is 0.0356. The highest BCUT2D eigenvalue weighted by Gasteiger charge is 2.16. The maximum absolute atomic E-state index is 12.4. The summed E-state index contributed by atoms with van der Waals surface area (Å²) in [6, 6.07) is 14.2. The number of rotatable bonds is 38. The number of nitrogens with one attached hydrogen (secondary N) is 8. The van der Waals surface area contributed by atoms with Crippen molar-refractivity contribution in [2.45, 2.75) is 47.0 Å². The normalized spacial score (nSPS) is 10.8. The zero-order valence-electron chi connectivity index (χ0n) is 39.5. The predicted molar refractivity (Wildman–Crippen MR) is 295 cm³/mol. The first kappa shape index (κ1) is 66.2. The van der Waals surface area contributed by atoms with Crippen molar-refractivity contribution < 1.29 is 47.7 Å². The molecular formula is C43H80N10O10P6. The van der Waals surface area contributed by atoms with E-state index in [0.717, 1.165) is 24.5 Å². The molecule has 0 spiro atoms. The average Bonchev–Trinajstić information content (AvgIpc) is 3.36. The summed E-state index contributed by atoms with van der Waals surface area (Å²) in [5, 5.41) is 23.3. The molecule has 69 heavy (non-hydrogen) atoms. The molecule has 392 valence electrons. The van der Waals surface area contributed by atoms with Crippen LogP contribution in [-0.2, 0) is 38.1 Å². The molecule has 6 atom stereocenters. The van der Waals surface area contributed by atoms with Crippen molar-refractivity contribution in [2.75, 3.05) is 128 Å². The zero-order chi connectivity index (χ0) is 50.0. The van der Waals surface area contributed by atoms with Gasteiger partial charge in [0.2, 0.25) is 23.6 Å². The highest BCUT2D eigenvalue weighted by Crippen LogP contribution is 2.13. The third-order valence-corrected chi connectivity index (χ3v) is 12.2. The molecule has 8 N–H and O–H groups in total. The first-order valence-corrected chi connectivity index (χ1v) is 29.3. The molecule has 0 saturated heterocycles. The molecule has 0 aromatic heterocycles. The first-order chi connectivity index (χ1) is 33.0. The van der Waals surface area contributed by atoms with Crippen LogP contribution in [0.15, 0.2) is 48.5 Å². The number of amides is 6. The van der Waals surface area contributed by atoms with Gasteiger partial charge in [-0.05, 0) is 98.0 Å². The number of carbonyl (C=O) groups is 6. The van der Waals surface area contributed by atoms with Crippen LogP contribution in [0.4, 0.5) is 11.4 Å². The Labute approximate surface area is 422 Å². The maximum atomic E-state index is 12.4. The topological polar surface area (TPSA) is 242 Å². The van der Waals surface area contributed by atoms with Crippen molar-refractivity contribution in [3.63, 3.8) is 0 Å². The summed E-state index contributed by atoms with van der Waals surface area (Å²) in [6.07, 6.45) is 0.474. The van der Waals surface area contributed by atoms with E-state index < -0.39 is 0 Å². The summed E-state index contributed by atoms with van der Waals surface area (Å²) in [4.78, 5) is 76.5. The van der Waals surface area contributed by atoms with Gasteiger partial charge in [0.1, 0.15) is 0 Å². The highest BCUT2D eigenvalue weighted by molar-refractivity contribution is 8.02. The van der Waals surface area contributed by atoms with Crippen LogP contribution >= 0.6 is 53.5 Å². The SMILES string of the molecule is C.CCN(CCNC(=O)c1ccc(NP)cc1)C(=O)CCC(=O)NCCOCCOCCNPP.CCN(CCNC(=O)c1ccc(NP)cc1)C(=O)CCC(=O)NCCOCCOCCNPP. The smallest absolute Gasteiger partial charge is 0.251 e. The van der Waals surface area contributed by atoms with E-state index in [1.54, 1.807) is 34.1 Å². The third-order valence-electron chi connectivity index (χ3n) is 9.39. The summed E-state index contributed by atoms with van der Waals surface area (Å²) in [5.74, 6) is -1.00. The largest absolute Gasteiger partial charge is 0.378 e. The lowest BCUT2D eigenvalue weighted by Crippen LogP contribution is -2.39. The maximum Gasteiger partial charge on any atom is 0.251 e. The molecule has 2 rings (SSSR count). The van der Waals surface area contributed by atoms with Gasteiger partial charge in [-0.2, -0.15) is 0 Å². The van der Waals surface area contributed by atoms with E-state index in [0.29, 0.717) is 133 Å². The fourth-order valence-corrected chi connectivity index (χ4v) is 7.40. The van der Waals surface area contributed by atoms with Crippen LogP contribution in [0.1, 0.15) is 67.7 Å². The van der Waals surface area contributed by atoms with Gasteiger partial charge < -0.3 is 60.2 Å². The second-order valence-electron chi connectivity index (χ2n) is 14.2. The molecule has 0 heterocycles. The molecule has 6 unspecified atom stereocenters. The van der Waals surface area contributed by atoms with Gasteiger partial charge in [0, 0.05) is 114 Å². The molecule has 0 aliphatic carbocycles. The zero-order valence-corrected chi connectivity index (χ0v) is 46.1. The third kappa shape index (κ3) is 34.2. The Bertz CT molecular complexity index is 1580. The van der Waals surface area contributed by atoms with E-state index in [1.807, 2.05) is 38.1 Å². The Kier molecular flexibility index (Phi) is 43.3. The molecular weight excluding hydrogens is 1000 g/mol. The van der Waals surface area contributed by atoms with Crippen LogP contribution in [0.3, 0.4) is 0 Å². The number of anilines is 2. The van der Waals surface area contributed by atoms with Gasteiger partial charge in [-0.1, -0.05) is 25.3 Å². The number of hydrogen-bond acceptors (Lipinski definition) is 14. The summed E-state index contributed by atoms with van der Waals surface area (Å²) < 4.78 is 21.6. The van der Waals surface area contributed by atoms with Crippen molar-refractivity contribution in [1.29, 1.82) is 0 Å². The van der Waals surface area contributed by atoms with E-state index in [-0.39, 0.29) is 68.6 Å². The van der Waals surface area contributed by atoms with Crippen molar-refractivity contribution in [3.05, 3.63) is 59.7 Å². The Morgan fingerprint density at radius 2 is 0.812 bits per heavy atom. The average molecular weight is 1080 g/mol. The number of hydrogen-bond donors (Lipinski definition) is 8. The van der Waals surface area contributed by atoms with Crippen LogP contribution in [-0.4, -0.2) is 164 Å². The Hall–Kier alpha value is -2.80. The molecule has 26 heteroatoms. The number of likely N-dealkylation sites (N-methyl/N-ethyl adjacent to an activating group) is 2. The highest BCUT2D eigenvalue weighted by atomic mass is 32.0. The minimum Gasteiger partial charge on any atom is -0.378 e. The summed E-state index contributed by atoms with van der Waals surface area (Å²) in [6.45, 7) is 12.6. The van der Waals surface area contributed by atoms with Gasteiger partial charge in [0.15, 0.2) is 0 Å². The lowest BCUT2D eigenvalue weighted by Gasteiger charge is -2.21. The fourth-order valence-electron chi connectivity index (χ4n) is 5.66. The van der Waals surface area contributed by atoms with Gasteiger partial charge in [-0.15, -0.1) is 0 Å². The number of carbonyl (C=O) groups excluding carboxylic acids is 6. The van der Waals surface area contributed by atoms with E-state index in [4.69, 9.17) is 18.9 Å². The molecule has 2 aromatic carbocycles. The molecule has 20 nitrogen and oxygen atoms in total. The Morgan fingerprint density at radius 3 is 1.12 bits per heavy atom. The van der Waals surface area contributed by atoms with Crippen molar-refractivity contribution in [2.24, 2.45) is 0 Å². The summed E-state index contributed by atoms with van der Waals surface area (Å²) in [5.41, 5.74) is 2.88. The molecule has 0 radical (unpaired) electrons. The lowest BCUT2D eigenvalue weighted by molar-refractivity contribution is -0.133. The molecule has 2 aromatic rings. The molecule has 0 fully saturated rings. The van der Waals surface area contributed by atoms with Gasteiger partial charge in [-0.3, -0.25) is 38.9 Å². The van der Waals surface area contributed by atoms with E-state index in [1.165, 1.54) is 0 Å². The van der Waals surface area contributed by atoms with Crippen LogP contribution in [0.2, 0.25) is 0 Å². The van der Waals surface area contributed by atoms with Gasteiger partial charge in [0.25, 0.3) is 11.8 Å². The molecule has 6 amide bonds. The molecule has 0 aliphatic rings. The van der Waals surface area contributed by atoms with Crippen LogP contribution in [0.25, 0.3) is 0 Å². The molecule has 0 aliphatic heterocycles. The van der Waals surface area contributed by atoms with Crippen molar-refractivity contribution >= 4 is 100 Å². The van der Waals surface area contributed by atoms with Crippen LogP contribution in [0.5, 0.6) is 0 Å². The van der Waals surface area contributed by atoms with Gasteiger partial charge in [0.05, 0.1) is 52.9 Å². The van der Waals surface area contributed by atoms with Crippen molar-refractivity contribution in [3.8, 4) is 0 Å². The van der Waals surface area contributed by atoms with Gasteiger partial charge in [-0.25, -0.2) is 0 Å². The minimum absolute atomic E-state index is 0. The second kappa shape index (κ2) is 45.1. The number of benzene rings is 2. The number of nitrogens with zero attached hydrogens (tertiary/aromatic N) is 2. The van der Waals surface area contributed by atoms with Crippen LogP contribution < -0.4 is 41.6 Å². The monoisotopic (exact) mass is 1080 g/mol. The lowest BCUT2D eigenvalue weighted by atomic mass is 10.2. The van der Waals surface area contributed by atoms with Crippen LogP contribution in [0, 0.1) is 0 Å². The second-order valence-corrected chi connectivity index (χ2v) is 17.8. The van der Waals surface area contributed by atoms with E-state index in [9.17, 15) is 28.8 Å². The Morgan fingerprint density at radius 1 is 0.478 bits per heavy atom. The Balaban J connectivity index is 0.00000132. The summed E-state index contributed by atoms with van der Waals surface area (Å²) in [7, 11) is 11.3. The van der Waals surface area contributed by atoms with Crippen molar-refractivity contribution in [1.82, 2.24) is 41.2 Å². The number of ether oxygens (including phenoxy) is 4. The standard InChI is InChI=1S/2C21H38N5O5P3.CH4/c2*1-2-26(12-9-23-21(29)17-3-5-18(25-32)6-4-17)20(28)8-7-19(27)22-10-13-30-15-16-31-14-11-24-34-33;/h2*3-6,24-25,34H,2,7-16,32-33H2,1H3,(H,22,27)(H,23,29);1H4. The summed E-state index contributed by atoms with van der Waals surface area (Å²) >= 11 is 0. The van der Waals surface area contributed by atoms with Gasteiger partial charge >= 0.3 is 0 Å². The predicted octanol–water partition coefficient (Wildman–Crippen LogP) is 3.38. The first-order valence-electron chi connectivity index (χ1n) is 22.5. The van der Waals surface area contributed by atoms with E-state index >= 15 is 0 Å². The fraction of sp³-hybridized carbons (Fsp3) is 0.581. The molecule has 0 saturated carbocycles. The molecule has 0 bridgehead atoms. The minimum atomic E-state index is -0.194. The van der Waals surface area contributed by atoms with E-state index in [2.05, 4.69) is 78.3 Å².